The third kappa shape index (κ3) is 4.36. The van der Waals surface area contributed by atoms with Gasteiger partial charge in [-0.2, -0.15) is 0 Å². The molecule has 0 bridgehead atoms. The van der Waals surface area contributed by atoms with E-state index in [0.29, 0.717) is 22.6 Å². The van der Waals surface area contributed by atoms with Gasteiger partial charge in [0, 0.05) is 36.3 Å². The third-order valence-electron chi connectivity index (χ3n) is 6.43. The molecule has 0 radical (unpaired) electrons. The molecule has 5 rings (SSSR count). The normalized spacial score (nSPS) is 21.9. The van der Waals surface area contributed by atoms with Gasteiger partial charge in [0.05, 0.1) is 24.0 Å². The minimum atomic E-state index is -1.42. The van der Waals surface area contributed by atoms with Crippen molar-refractivity contribution in [2.45, 2.75) is 24.6 Å². The lowest BCUT2D eigenvalue weighted by molar-refractivity contribution is -0.241. The highest BCUT2D eigenvalue weighted by Gasteiger charge is 2.39. The highest BCUT2D eigenvalue weighted by Crippen LogP contribution is 2.34. The molecule has 0 unspecified atom stereocenters. The molecule has 8 heteroatoms. The van der Waals surface area contributed by atoms with E-state index in [1.165, 1.54) is 0 Å². The molecule has 4 atom stereocenters. The van der Waals surface area contributed by atoms with Crippen LogP contribution in [0.25, 0.3) is 16.6 Å². The Morgan fingerprint density at radius 2 is 1.64 bits per heavy atom. The van der Waals surface area contributed by atoms with E-state index in [-0.39, 0.29) is 12.4 Å². The number of ether oxygens (including phenoxy) is 2. The molecule has 8 nitrogen and oxygen atoms in total. The summed E-state index contributed by atoms with van der Waals surface area (Å²) in [7, 11) is 3.90. The summed E-state index contributed by atoms with van der Waals surface area (Å²) in [6.07, 6.45) is -3.41. The first kappa shape index (κ1) is 24.0. The van der Waals surface area contributed by atoms with E-state index in [0.717, 1.165) is 16.6 Å². The van der Waals surface area contributed by atoms with Crippen molar-refractivity contribution in [1.29, 1.82) is 0 Å². The van der Waals surface area contributed by atoms with Crippen LogP contribution in [0, 0.1) is 0 Å². The fourth-order valence-electron chi connectivity index (χ4n) is 4.39. The van der Waals surface area contributed by atoms with Crippen molar-refractivity contribution in [3.63, 3.8) is 0 Å². The third-order valence-corrected chi connectivity index (χ3v) is 6.43. The molecule has 0 saturated carbocycles. The molecule has 3 N–H and O–H groups in total. The van der Waals surface area contributed by atoms with Crippen molar-refractivity contribution in [2.24, 2.45) is 0 Å². The maximum Gasteiger partial charge on any atom is 0.228 e. The number of para-hydroxylation sites is 2. The molecular weight excluding hydrogens is 460 g/mol. The maximum absolute atomic E-state index is 13.5. The number of aliphatic hydroxyl groups is 3. The van der Waals surface area contributed by atoms with Gasteiger partial charge < -0.3 is 34.3 Å². The summed E-state index contributed by atoms with van der Waals surface area (Å²) in [6.45, 7) is -0.161. The van der Waals surface area contributed by atoms with E-state index in [9.17, 15) is 20.1 Å². The number of ketones is 1. The highest BCUT2D eigenvalue weighted by atomic mass is 16.7. The van der Waals surface area contributed by atoms with E-state index in [1.807, 2.05) is 90.3 Å². The summed E-state index contributed by atoms with van der Waals surface area (Å²) < 4.78 is 13.3. The number of carbonyl (C=O) groups excluding carboxylic acids is 1. The first-order chi connectivity index (χ1) is 17.3. The number of fused-ring (bicyclic) bond motifs is 1. The lowest BCUT2D eigenvalue weighted by atomic mass is 10.0. The molecule has 1 aromatic heterocycles. The van der Waals surface area contributed by atoms with Crippen LogP contribution in [0.4, 0.5) is 5.69 Å². The lowest BCUT2D eigenvalue weighted by Crippen LogP contribution is -2.54. The van der Waals surface area contributed by atoms with Gasteiger partial charge in [0.2, 0.25) is 6.29 Å². The van der Waals surface area contributed by atoms with Crippen LogP contribution in [0.1, 0.15) is 15.9 Å². The summed E-state index contributed by atoms with van der Waals surface area (Å²) >= 11 is 0. The predicted octanol–water partition coefficient (Wildman–Crippen LogP) is 2.75. The van der Waals surface area contributed by atoms with Crippen LogP contribution >= 0.6 is 0 Å². The van der Waals surface area contributed by atoms with Crippen molar-refractivity contribution < 1.29 is 29.6 Å². The second kappa shape index (κ2) is 9.75. The number of hydrogen-bond acceptors (Lipinski definition) is 7. The van der Waals surface area contributed by atoms with Crippen LogP contribution in [0.2, 0.25) is 0 Å². The Morgan fingerprint density at radius 1 is 0.944 bits per heavy atom. The van der Waals surface area contributed by atoms with Crippen LogP contribution in [-0.4, -0.2) is 71.0 Å². The zero-order valence-electron chi connectivity index (χ0n) is 20.0. The van der Waals surface area contributed by atoms with Gasteiger partial charge in [0.15, 0.2) is 5.78 Å². The molecule has 1 fully saturated rings. The summed E-state index contributed by atoms with van der Waals surface area (Å²) in [5, 5.41) is 30.9. The number of aliphatic hydroxyl groups excluding tert-OH is 3. The zero-order chi connectivity index (χ0) is 25.4. The molecule has 186 valence electrons. The maximum atomic E-state index is 13.5. The first-order valence-electron chi connectivity index (χ1n) is 11.7. The quantitative estimate of drug-likeness (QED) is 0.359. The molecule has 3 aromatic carbocycles. The van der Waals surface area contributed by atoms with Crippen LogP contribution in [0.3, 0.4) is 0 Å². The van der Waals surface area contributed by atoms with Crippen LogP contribution in [0.15, 0.2) is 79.0 Å². The van der Waals surface area contributed by atoms with Crippen LogP contribution < -0.4 is 9.64 Å². The average Bonchev–Trinajstić information content (AvgIpc) is 3.27. The van der Waals surface area contributed by atoms with Crippen molar-refractivity contribution in [3.05, 3.63) is 90.1 Å². The van der Waals surface area contributed by atoms with Gasteiger partial charge in [0.25, 0.3) is 0 Å². The van der Waals surface area contributed by atoms with E-state index in [4.69, 9.17) is 9.47 Å². The molecule has 0 spiro atoms. The molecule has 2 heterocycles. The zero-order valence-corrected chi connectivity index (χ0v) is 20.0. The minimum Gasteiger partial charge on any atom is -0.460 e. The number of rotatable bonds is 6. The number of carbonyl (C=O) groups is 1. The Bertz CT molecular complexity index is 1380. The van der Waals surface area contributed by atoms with Crippen molar-refractivity contribution in [2.75, 3.05) is 25.6 Å². The van der Waals surface area contributed by atoms with Crippen molar-refractivity contribution >= 4 is 22.4 Å². The number of benzene rings is 3. The van der Waals surface area contributed by atoms with Gasteiger partial charge in [-0.05, 0) is 48.5 Å². The predicted molar refractivity (Wildman–Crippen MR) is 136 cm³/mol. The van der Waals surface area contributed by atoms with Crippen LogP contribution in [-0.2, 0) is 4.74 Å². The Morgan fingerprint density at radius 3 is 2.39 bits per heavy atom. The number of anilines is 1. The van der Waals surface area contributed by atoms with E-state index < -0.39 is 24.6 Å². The Labute approximate surface area is 208 Å². The monoisotopic (exact) mass is 488 g/mol. The molecule has 0 aliphatic carbocycles. The SMILES string of the molecule is CN(C)c1ccc(C(=O)c2ccccc2-n2cc(O[C@@H]3OC[C@@H](O)[C@H](O)[C@H]3O)c3ccccc32)cc1. The van der Waals surface area contributed by atoms with Gasteiger partial charge in [0.1, 0.15) is 24.1 Å². The van der Waals surface area contributed by atoms with Crippen LogP contribution in [0.5, 0.6) is 5.75 Å². The molecule has 36 heavy (non-hydrogen) atoms. The smallest absolute Gasteiger partial charge is 0.228 e. The number of nitrogens with zero attached hydrogens (tertiary/aromatic N) is 2. The lowest BCUT2D eigenvalue weighted by Gasteiger charge is -2.34. The largest absolute Gasteiger partial charge is 0.460 e. The van der Waals surface area contributed by atoms with Gasteiger partial charge in [-0.3, -0.25) is 4.79 Å². The molecule has 1 aliphatic rings. The molecule has 1 saturated heterocycles. The summed E-state index contributed by atoms with van der Waals surface area (Å²) in [5.74, 6) is 0.301. The molecule has 0 amide bonds. The number of hydrogen-bond donors (Lipinski definition) is 3. The van der Waals surface area contributed by atoms with Gasteiger partial charge in [-0.1, -0.05) is 24.3 Å². The van der Waals surface area contributed by atoms with E-state index in [1.54, 1.807) is 12.3 Å². The van der Waals surface area contributed by atoms with E-state index >= 15 is 0 Å². The van der Waals surface area contributed by atoms with Crippen molar-refractivity contribution in [3.8, 4) is 11.4 Å². The van der Waals surface area contributed by atoms with Crippen molar-refractivity contribution in [1.82, 2.24) is 4.57 Å². The number of aromatic nitrogens is 1. The topological polar surface area (TPSA) is 104 Å². The fraction of sp³-hybridized carbons (Fsp3) is 0.250. The second-order valence-electron chi connectivity index (χ2n) is 9.04. The summed E-state index contributed by atoms with van der Waals surface area (Å²) in [5.41, 5.74) is 3.57. The van der Waals surface area contributed by atoms with Gasteiger partial charge >= 0.3 is 0 Å². The molecule has 4 aromatic rings. The second-order valence-corrected chi connectivity index (χ2v) is 9.04. The standard InChI is InChI=1S/C28H28N2O6/c1-29(2)18-13-11-17(12-14-18)25(32)20-8-4-6-10-22(20)30-15-24(19-7-3-5-9-21(19)30)36-28-27(34)26(33)23(31)16-35-28/h3-15,23,26-28,31,33-34H,16H2,1-2H3/t23-,26+,27-,28+/m1/s1. The molecule has 1 aliphatic heterocycles. The Kier molecular flexibility index (Phi) is 6.51. The van der Waals surface area contributed by atoms with Gasteiger partial charge in [-0.15, -0.1) is 0 Å². The molecular formula is C28H28N2O6. The summed E-state index contributed by atoms with van der Waals surface area (Å²) in [4.78, 5) is 15.5. The fourth-order valence-corrected chi connectivity index (χ4v) is 4.39. The summed E-state index contributed by atoms with van der Waals surface area (Å²) in [6, 6.07) is 22.3. The van der Waals surface area contributed by atoms with E-state index in [2.05, 4.69) is 0 Å². The average molecular weight is 489 g/mol. The van der Waals surface area contributed by atoms with Gasteiger partial charge in [-0.25, -0.2) is 0 Å². The highest BCUT2D eigenvalue weighted by molar-refractivity contribution is 6.11. The Balaban J connectivity index is 1.53. The Hall–Kier alpha value is -3.69. The minimum absolute atomic E-state index is 0.112. The first-order valence-corrected chi connectivity index (χ1v) is 11.7.